The number of thiophene rings is 1. The van der Waals surface area contributed by atoms with Gasteiger partial charge in [-0.05, 0) is 56.7 Å². The molecule has 0 saturated heterocycles. The van der Waals surface area contributed by atoms with Crippen molar-refractivity contribution in [2.45, 2.75) is 52.6 Å². The predicted molar refractivity (Wildman–Crippen MR) is 95.3 cm³/mol. The molecule has 1 aromatic heterocycles. The molecule has 0 radical (unpaired) electrons. The summed E-state index contributed by atoms with van der Waals surface area (Å²) in [6.07, 6.45) is 6.86. The molecule has 0 fully saturated rings. The molecule has 2 rings (SSSR count). The van der Waals surface area contributed by atoms with E-state index in [1.54, 1.807) is 6.08 Å². The van der Waals surface area contributed by atoms with Crippen LogP contribution in [0.4, 0.5) is 0 Å². The molecule has 0 atom stereocenters. The monoisotopic (exact) mass is 316 g/mol. The molecule has 0 aliphatic carbocycles. The summed E-state index contributed by atoms with van der Waals surface area (Å²) in [7, 11) is 0. The van der Waals surface area contributed by atoms with E-state index < -0.39 is 5.60 Å². The van der Waals surface area contributed by atoms with Crippen molar-refractivity contribution in [2.24, 2.45) is 0 Å². The fourth-order valence-corrected chi connectivity index (χ4v) is 3.54. The highest BCUT2D eigenvalue weighted by Gasteiger charge is 2.15. The Morgan fingerprint density at radius 2 is 2.00 bits per heavy atom. The van der Waals surface area contributed by atoms with Crippen molar-refractivity contribution in [3.05, 3.63) is 40.8 Å². The van der Waals surface area contributed by atoms with Gasteiger partial charge < -0.3 is 4.74 Å². The summed E-state index contributed by atoms with van der Waals surface area (Å²) >= 11 is 1.83. The number of fused-ring (bicyclic) bond motifs is 1. The van der Waals surface area contributed by atoms with Crippen LogP contribution in [0.15, 0.2) is 30.3 Å². The van der Waals surface area contributed by atoms with Gasteiger partial charge in [0, 0.05) is 15.7 Å². The van der Waals surface area contributed by atoms with Crippen molar-refractivity contribution in [1.29, 1.82) is 0 Å². The maximum atomic E-state index is 11.9. The van der Waals surface area contributed by atoms with Gasteiger partial charge in [0.15, 0.2) is 0 Å². The van der Waals surface area contributed by atoms with Crippen LogP contribution < -0.4 is 0 Å². The average molecular weight is 316 g/mol. The SMILES string of the molecule is CCCCc1sc2ccccc2c1/C=C/C(=O)OC(C)(C)C. The summed E-state index contributed by atoms with van der Waals surface area (Å²) in [6.45, 7) is 7.84. The van der Waals surface area contributed by atoms with Gasteiger partial charge >= 0.3 is 5.97 Å². The van der Waals surface area contributed by atoms with Crippen molar-refractivity contribution >= 4 is 33.5 Å². The standard InChI is InChI=1S/C19H24O2S/c1-5-6-10-16-15(12-13-18(20)21-19(2,3)4)14-9-7-8-11-17(14)22-16/h7-9,11-13H,5-6,10H2,1-4H3/b13-12+. The van der Waals surface area contributed by atoms with Gasteiger partial charge in [-0.25, -0.2) is 4.79 Å². The Balaban J connectivity index is 2.30. The third-order valence-corrected chi connectivity index (χ3v) is 4.51. The molecule has 3 heteroatoms. The van der Waals surface area contributed by atoms with Crippen LogP contribution in [0.2, 0.25) is 0 Å². The first-order valence-corrected chi connectivity index (χ1v) is 8.64. The lowest BCUT2D eigenvalue weighted by Gasteiger charge is -2.17. The third kappa shape index (κ3) is 4.44. The molecule has 22 heavy (non-hydrogen) atoms. The van der Waals surface area contributed by atoms with Crippen LogP contribution >= 0.6 is 11.3 Å². The number of rotatable bonds is 5. The van der Waals surface area contributed by atoms with Crippen molar-refractivity contribution in [2.75, 3.05) is 0 Å². The molecule has 0 spiro atoms. The number of hydrogen-bond acceptors (Lipinski definition) is 3. The molecular weight excluding hydrogens is 292 g/mol. The molecule has 0 N–H and O–H groups in total. The number of unbranched alkanes of at least 4 members (excludes halogenated alkanes) is 1. The zero-order chi connectivity index (χ0) is 16.2. The van der Waals surface area contributed by atoms with Gasteiger partial charge in [-0.15, -0.1) is 11.3 Å². The highest BCUT2D eigenvalue weighted by atomic mass is 32.1. The second-order valence-electron chi connectivity index (χ2n) is 6.41. The van der Waals surface area contributed by atoms with E-state index in [1.807, 2.05) is 44.3 Å². The average Bonchev–Trinajstić information content (AvgIpc) is 2.78. The number of ether oxygens (including phenoxy) is 1. The molecule has 2 nitrogen and oxygen atoms in total. The van der Waals surface area contributed by atoms with Gasteiger partial charge in [0.2, 0.25) is 0 Å². The van der Waals surface area contributed by atoms with Crippen LogP contribution in [0.1, 0.15) is 51.0 Å². The molecule has 2 aromatic rings. The topological polar surface area (TPSA) is 26.3 Å². The molecule has 0 bridgehead atoms. The highest BCUT2D eigenvalue weighted by molar-refractivity contribution is 7.19. The van der Waals surface area contributed by atoms with Gasteiger partial charge in [-0.2, -0.15) is 0 Å². The minimum Gasteiger partial charge on any atom is -0.457 e. The smallest absolute Gasteiger partial charge is 0.331 e. The molecule has 0 aliphatic heterocycles. The van der Waals surface area contributed by atoms with E-state index in [4.69, 9.17) is 4.74 Å². The maximum absolute atomic E-state index is 11.9. The summed E-state index contributed by atoms with van der Waals surface area (Å²) in [5.41, 5.74) is 0.711. The zero-order valence-electron chi connectivity index (χ0n) is 13.8. The second kappa shape index (κ2) is 7.10. The first-order chi connectivity index (χ1) is 10.4. The van der Waals surface area contributed by atoms with Crippen LogP contribution in [0, 0.1) is 0 Å². The summed E-state index contributed by atoms with van der Waals surface area (Å²) < 4.78 is 6.62. The Bertz CT molecular complexity index is 674. The minimum atomic E-state index is -0.455. The Kier molecular flexibility index (Phi) is 5.41. The van der Waals surface area contributed by atoms with Crippen molar-refractivity contribution in [1.82, 2.24) is 0 Å². The Morgan fingerprint density at radius 3 is 2.68 bits per heavy atom. The Morgan fingerprint density at radius 1 is 1.27 bits per heavy atom. The van der Waals surface area contributed by atoms with E-state index in [0.29, 0.717) is 0 Å². The predicted octanol–water partition coefficient (Wildman–Crippen LogP) is 5.60. The molecule has 0 aliphatic rings. The lowest BCUT2D eigenvalue weighted by Crippen LogP contribution is -2.22. The second-order valence-corrected chi connectivity index (χ2v) is 7.54. The highest BCUT2D eigenvalue weighted by Crippen LogP contribution is 2.33. The normalized spacial score (nSPS) is 12.2. The van der Waals surface area contributed by atoms with Gasteiger partial charge in [-0.3, -0.25) is 0 Å². The van der Waals surface area contributed by atoms with Gasteiger partial charge in [-0.1, -0.05) is 31.5 Å². The van der Waals surface area contributed by atoms with Gasteiger partial charge in [0.1, 0.15) is 5.60 Å². The molecule has 1 aromatic carbocycles. The Hall–Kier alpha value is -1.61. The van der Waals surface area contributed by atoms with Gasteiger partial charge in [0.25, 0.3) is 0 Å². The largest absolute Gasteiger partial charge is 0.457 e. The molecule has 0 amide bonds. The van der Waals surface area contributed by atoms with Crippen LogP contribution in [0.3, 0.4) is 0 Å². The summed E-state index contributed by atoms with van der Waals surface area (Å²) in [5, 5.41) is 1.22. The van der Waals surface area contributed by atoms with E-state index in [0.717, 1.165) is 6.42 Å². The molecule has 0 unspecified atom stereocenters. The van der Waals surface area contributed by atoms with E-state index in [9.17, 15) is 4.79 Å². The lowest BCUT2D eigenvalue weighted by molar-refractivity contribution is -0.148. The fourth-order valence-electron chi connectivity index (χ4n) is 2.31. The number of esters is 1. The van der Waals surface area contributed by atoms with E-state index in [1.165, 1.54) is 33.4 Å². The number of aryl methyl sites for hydroxylation is 1. The number of carbonyl (C=O) groups is 1. The van der Waals surface area contributed by atoms with Gasteiger partial charge in [0.05, 0.1) is 0 Å². The first-order valence-electron chi connectivity index (χ1n) is 7.82. The van der Waals surface area contributed by atoms with E-state index in [2.05, 4.69) is 25.1 Å². The quantitative estimate of drug-likeness (QED) is 0.530. The molecule has 118 valence electrons. The molecule has 1 heterocycles. The number of benzene rings is 1. The molecular formula is C19H24O2S. The van der Waals surface area contributed by atoms with Crippen LogP contribution in [0.25, 0.3) is 16.2 Å². The molecule has 0 saturated carbocycles. The summed E-state index contributed by atoms with van der Waals surface area (Å²) in [5.74, 6) is -0.288. The summed E-state index contributed by atoms with van der Waals surface area (Å²) in [6, 6.07) is 8.36. The van der Waals surface area contributed by atoms with E-state index >= 15 is 0 Å². The summed E-state index contributed by atoms with van der Waals surface area (Å²) in [4.78, 5) is 13.3. The van der Waals surface area contributed by atoms with Crippen LogP contribution in [-0.2, 0) is 16.0 Å². The van der Waals surface area contributed by atoms with Crippen LogP contribution in [-0.4, -0.2) is 11.6 Å². The number of hydrogen-bond donors (Lipinski definition) is 0. The number of carbonyl (C=O) groups excluding carboxylic acids is 1. The van der Waals surface area contributed by atoms with Crippen molar-refractivity contribution in [3.63, 3.8) is 0 Å². The maximum Gasteiger partial charge on any atom is 0.331 e. The van der Waals surface area contributed by atoms with Crippen molar-refractivity contribution in [3.8, 4) is 0 Å². The van der Waals surface area contributed by atoms with Crippen LogP contribution in [0.5, 0.6) is 0 Å². The first kappa shape index (κ1) is 16.8. The lowest BCUT2D eigenvalue weighted by atomic mass is 10.1. The minimum absolute atomic E-state index is 0.288. The van der Waals surface area contributed by atoms with E-state index in [-0.39, 0.29) is 5.97 Å². The van der Waals surface area contributed by atoms with Crippen molar-refractivity contribution < 1.29 is 9.53 Å². The Labute approximate surface area is 136 Å². The fraction of sp³-hybridized carbons (Fsp3) is 0.421. The zero-order valence-corrected chi connectivity index (χ0v) is 14.6. The third-order valence-electron chi connectivity index (χ3n) is 3.26.